The van der Waals surface area contributed by atoms with Gasteiger partial charge in [0.1, 0.15) is 11.4 Å². The van der Waals surface area contributed by atoms with E-state index < -0.39 is 0 Å². The molecule has 0 radical (unpaired) electrons. The third kappa shape index (κ3) is 1.91. The van der Waals surface area contributed by atoms with Gasteiger partial charge in [-0.1, -0.05) is 13.8 Å². The highest BCUT2D eigenvalue weighted by molar-refractivity contribution is 6.00. The van der Waals surface area contributed by atoms with Crippen molar-refractivity contribution in [3.63, 3.8) is 0 Å². The number of ether oxygens (including phenoxy) is 1. The molecule has 0 N–H and O–H groups in total. The number of nitrogens with zero attached hydrogens (tertiary/aromatic N) is 1. The van der Waals surface area contributed by atoms with Gasteiger partial charge in [-0.2, -0.15) is 5.26 Å². The van der Waals surface area contributed by atoms with Crippen LogP contribution in [0.1, 0.15) is 49.0 Å². The van der Waals surface area contributed by atoms with E-state index in [0.29, 0.717) is 23.3 Å². The monoisotopic (exact) mass is 229 g/mol. The predicted octanol–water partition coefficient (Wildman–Crippen LogP) is 3.08. The van der Waals surface area contributed by atoms with E-state index in [1.165, 1.54) is 0 Å². The Labute approximate surface area is 101 Å². The van der Waals surface area contributed by atoms with E-state index >= 15 is 0 Å². The highest BCUT2D eigenvalue weighted by Crippen LogP contribution is 2.37. The highest BCUT2D eigenvalue weighted by atomic mass is 16.5. The van der Waals surface area contributed by atoms with Crippen LogP contribution in [0.5, 0.6) is 5.75 Å². The first-order valence-corrected chi connectivity index (χ1v) is 5.90. The van der Waals surface area contributed by atoms with E-state index in [1.807, 2.05) is 19.9 Å². The normalized spacial score (nSPS) is 16.9. The van der Waals surface area contributed by atoms with Gasteiger partial charge < -0.3 is 4.74 Å². The third-order valence-electron chi connectivity index (χ3n) is 3.51. The summed E-state index contributed by atoms with van der Waals surface area (Å²) in [4.78, 5) is 12.1. The average Bonchev–Trinajstić information content (AvgIpc) is 2.38. The summed E-state index contributed by atoms with van der Waals surface area (Å²) in [6.45, 7) is 4.07. The number of rotatable bonds is 2. The van der Waals surface area contributed by atoms with Crippen molar-refractivity contribution in [1.29, 1.82) is 5.26 Å². The number of Topliss-reactive ketones (excluding diaryl/α,β-unsaturated/α-hetero) is 1. The Morgan fingerprint density at radius 1 is 1.41 bits per heavy atom. The molecule has 0 atom stereocenters. The summed E-state index contributed by atoms with van der Waals surface area (Å²) in [5.41, 5.74) is 0.681. The number of carbonyl (C=O) groups is 1. The molecular formula is C14H15NO2. The summed E-state index contributed by atoms with van der Waals surface area (Å²) >= 11 is 0. The molecule has 0 aliphatic carbocycles. The van der Waals surface area contributed by atoms with Gasteiger partial charge in [-0.25, -0.2) is 0 Å². The SMILES string of the molecule is CCC1(CC)CC(=O)c2cc(C#N)ccc2O1. The third-order valence-corrected chi connectivity index (χ3v) is 3.51. The first-order valence-electron chi connectivity index (χ1n) is 5.90. The predicted molar refractivity (Wildman–Crippen MR) is 64.0 cm³/mol. The van der Waals surface area contributed by atoms with Gasteiger partial charge >= 0.3 is 0 Å². The van der Waals surface area contributed by atoms with Crippen LogP contribution in [0.2, 0.25) is 0 Å². The van der Waals surface area contributed by atoms with E-state index in [9.17, 15) is 4.79 Å². The number of nitriles is 1. The fourth-order valence-electron chi connectivity index (χ4n) is 2.21. The summed E-state index contributed by atoms with van der Waals surface area (Å²) in [6.07, 6.45) is 2.03. The maximum absolute atomic E-state index is 12.1. The Morgan fingerprint density at radius 2 is 2.12 bits per heavy atom. The molecule has 0 aromatic heterocycles. The van der Waals surface area contributed by atoms with E-state index in [0.717, 1.165) is 12.8 Å². The molecule has 0 saturated carbocycles. The molecular weight excluding hydrogens is 214 g/mol. The topological polar surface area (TPSA) is 50.1 Å². The minimum Gasteiger partial charge on any atom is -0.486 e. The van der Waals surface area contributed by atoms with Gasteiger partial charge in [0.15, 0.2) is 5.78 Å². The zero-order chi connectivity index (χ0) is 12.5. The summed E-state index contributed by atoms with van der Waals surface area (Å²) in [6, 6.07) is 7.07. The minimum absolute atomic E-state index is 0.0760. The number of benzene rings is 1. The van der Waals surface area contributed by atoms with Crippen LogP contribution in [0.15, 0.2) is 18.2 Å². The Morgan fingerprint density at radius 3 is 2.71 bits per heavy atom. The van der Waals surface area contributed by atoms with Crippen molar-refractivity contribution in [3.05, 3.63) is 29.3 Å². The van der Waals surface area contributed by atoms with E-state index in [2.05, 4.69) is 0 Å². The molecule has 3 heteroatoms. The summed E-state index contributed by atoms with van der Waals surface area (Å²) in [5.74, 6) is 0.691. The standard InChI is InChI=1S/C14H15NO2/c1-3-14(4-2)8-12(16)11-7-10(9-15)5-6-13(11)17-14/h5-7H,3-4,8H2,1-2H3. The van der Waals surface area contributed by atoms with Gasteiger partial charge in [0.2, 0.25) is 0 Å². The van der Waals surface area contributed by atoms with Crippen LogP contribution >= 0.6 is 0 Å². The molecule has 0 unspecified atom stereocenters. The maximum atomic E-state index is 12.1. The Hall–Kier alpha value is -1.82. The number of ketones is 1. The lowest BCUT2D eigenvalue weighted by Gasteiger charge is -2.36. The molecule has 1 aliphatic heterocycles. The number of hydrogen-bond acceptors (Lipinski definition) is 3. The Bertz CT molecular complexity index is 495. The minimum atomic E-state index is -0.363. The fraction of sp³-hybridized carbons (Fsp3) is 0.429. The summed E-state index contributed by atoms with van der Waals surface area (Å²) < 4.78 is 5.96. The largest absolute Gasteiger partial charge is 0.486 e. The van der Waals surface area contributed by atoms with Gasteiger partial charge in [0, 0.05) is 0 Å². The van der Waals surface area contributed by atoms with Crippen molar-refractivity contribution < 1.29 is 9.53 Å². The molecule has 1 aromatic carbocycles. The highest BCUT2D eigenvalue weighted by Gasteiger charge is 2.37. The van der Waals surface area contributed by atoms with Crippen molar-refractivity contribution in [2.75, 3.05) is 0 Å². The first kappa shape index (κ1) is 11.7. The second-order valence-electron chi connectivity index (χ2n) is 4.41. The molecule has 3 nitrogen and oxygen atoms in total. The first-order chi connectivity index (χ1) is 8.14. The van der Waals surface area contributed by atoms with E-state index in [4.69, 9.17) is 10.00 Å². The van der Waals surface area contributed by atoms with E-state index in [-0.39, 0.29) is 11.4 Å². The second-order valence-corrected chi connectivity index (χ2v) is 4.41. The molecule has 0 amide bonds. The molecule has 0 saturated heterocycles. The van der Waals surface area contributed by atoms with Gasteiger partial charge in [-0.05, 0) is 31.0 Å². The molecule has 1 heterocycles. The molecule has 1 aromatic rings. The van der Waals surface area contributed by atoms with Crippen LogP contribution < -0.4 is 4.74 Å². The van der Waals surface area contributed by atoms with Gasteiger partial charge in [0.05, 0.1) is 23.6 Å². The maximum Gasteiger partial charge on any atom is 0.170 e. The molecule has 0 fully saturated rings. The van der Waals surface area contributed by atoms with Crippen LogP contribution in [0, 0.1) is 11.3 Å². The average molecular weight is 229 g/mol. The summed E-state index contributed by atoms with van der Waals surface area (Å²) in [7, 11) is 0. The van der Waals surface area contributed by atoms with Crippen molar-refractivity contribution in [1.82, 2.24) is 0 Å². The van der Waals surface area contributed by atoms with Crippen molar-refractivity contribution in [2.24, 2.45) is 0 Å². The Kier molecular flexibility index (Phi) is 2.89. The van der Waals surface area contributed by atoms with Gasteiger partial charge in [-0.3, -0.25) is 4.79 Å². The van der Waals surface area contributed by atoms with Crippen LogP contribution in [0.4, 0.5) is 0 Å². The van der Waals surface area contributed by atoms with Crippen LogP contribution in [0.3, 0.4) is 0 Å². The molecule has 0 bridgehead atoms. The lowest BCUT2D eigenvalue weighted by molar-refractivity contribution is 0.0350. The quantitative estimate of drug-likeness (QED) is 0.783. The second kappa shape index (κ2) is 4.21. The lowest BCUT2D eigenvalue weighted by Crippen LogP contribution is -2.40. The smallest absolute Gasteiger partial charge is 0.170 e. The fourth-order valence-corrected chi connectivity index (χ4v) is 2.21. The molecule has 1 aliphatic rings. The number of hydrogen-bond donors (Lipinski definition) is 0. The van der Waals surface area contributed by atoms with Crippen LogP contribution in [-0.2, 0) is 0 Å². The molecule has 17 heavy (non-hydrogen) atoms. The van der Waals surface area contributed by atoms with E-state index in [1.54, 1.807) is 18.2 Å². The number of carbonyl (C=O) groups excluding carboxylic acids is 1. The van der Waals surface area contributed by atoms with Crippen LogP contribution in [-0.4, -0.2) is 11.4 Å². The summed E-state index contributed by atoms with van der Waals surface area (Å²) in [5, 5.41) is 8.82. The van der Waals surface area contributed by atoms with Crippen molar-refractivity contribution in [3.8, 4) is 11.8 Å². The lowest BCUT2D eigenvalue weighted by atomic mass is 9.85. The van der Waals surface area contributed by atoms with Gasteiger partial charge in [0.25, 0.3) is 0 Å². The number of fused-ring (bicyclic) bond motifs is 1. The zero-order valence-electron chi connectivity index (χ0n) is 10.1. The molecule has 2 rings (SSSR count). The van der Waals surface area contributed by atoms with Crippen molar-refractivity contribution in [2.45, 2.75) is 38.7 Å². The van der Waals surface area contributed by atoms with Crippen molar-refractivity contribution >= 4 is 5.78 Å². The molecule has 0 spiro atoms. The Balaban J connectivity index is 2.46. The molecule has 88 valence electrons. The van der Waals surface area contributed by atoms with Gasteiger partial charge in [-0.15, -0.1) is 0 Å². The van der Waals surface area contributed by atoms with Crippen LogP contribution in [0.25, 0.3) is 0 Å². The zero-order valence-corrected chi connectivity index (χ0v) is 10.1.